The molecule has 17 heavy (non-hydrogen) atoms. The quantitative estimate of drug-likeness (QED) is 0.861. The van der Waals surface area contributed by atoms with Crippen molar-refractivity contribution in [1.82, 2.24) is 0 Å². The molecule has 2 N–H and O–H groups in total. The Hall–Kier alpha value is -1.94. The first-order valence-corrected chi connectivity index (χ1v) is 5.35. The monoisotopic (exact) mass is 233 g/mol. The Bertz CT molecular complexity index is 462. The minimum atomic E-state index is 0.381. The molecule has 1 aromatic carbocycles. The fourth-order valence-electron chi connectivity index (χ4n) is 1.50. The molecule has 4 nitrogen and oxygen atoms in total. The van der Waals surface area contributed by atoms with E-state index in [0.29, 0.717) is 13.2 Å². The smallest absolute Gasteiger partial charge is 0.146 e. The van der Waals surface area contributed by atoms with Crippen molar-refractivity contribution in [3.05, 3.63) is 47.9 Å². The lowest BCUT2D eigenvalue weighted by Crippen LogP contribution is -2.01. The van der Waals surface area contributed by atoms with Crippen molar-refractivity contribution < 1.29 is 13.9 Å². The molecule has 0 atom stereocenters. The Morgan fingerprint density at radius 1 is 1.12 bits per heavy atom. The summed E-state index contributed by atoms with van der Waals surface area (Å²) in [4.78, 5) is 0. The number of nitrogens with two attached hydrogens (primary N) is 1. The summed E-state index contributed by atoms with van der Waals surface area (Å²) in [7, 11) is 1.63. The van der Waals surface area contributed by atoms with Crippen molar-refractivity contribution in [2.75, 3.05) is 7.11 Å². The Morgan fingerprint density at radius 2 is 1.82 bits per heavy atom. The maximum absolute atomic E-state index is 5.59. The zero-order chi connectivity index (χ0) is 12.1. The first-order valence-electron chi connectivity index (χ1n) is 5.35. The van der Waals surface area contributed by atoms with E-state index >= 15 is 0 Å². The maximum atomic E-state index is 5.59. The van der Waals surface area contributed by atoms with Gasteiger partial charge in [-0.05, 0) is 30.3 Å². The van der Waals surface area contributed by atoms with Gasteiger partial charge in [0.15, 0.2) is 0 Å². The number of furan rings is 1. The van der Waals surface area contributed by atoms with Gasteiger partial charge in [-0.1, -0.05) is 0 Å². The third-order valence-electron chi connectivity index (χ3n) is 2.49. The van der Waals surface area contributed by atoms with Crippen molar-refractivity contribution in [1.29, 1.82) is 0 Å². The molecule has 0 aliphatic rings. The lowest BCUT2D eigenvalue weighted by molar-refractivity contribution is 0.268. The second-order valence-corrected chi connectivity index (χ2v) is 3.54. The predicted octanol–water partition coefficient (Wildman–Crippen LogP) is 2.33. The Morgan fingerprint density at radius 3 is 2.47 bits per heavy atom. The molecule has 90 valence electrons. The Kier molecular flexibility index (Phi) is 3.67. The van der Waals surface area contributed by atoms with E-state index in [2.05, 4.69) is 0 Å². The SMILES string of the molecule is COc1ccc(OCc2occc2CN)cc1. The van der Waals surface area contributed by atoms with Crippen LogP contribution in [0.2, 0.25) is 0 Å². The van der Waals surface area contributed by atoms with Crippen molar-refractivity contribution in [3.63, 3.8) is 0 Å². The normalized spacial score (nSPS) is 10.2. The average Bonchev–Trinajstić information content (AvgIpc) is 2.84. The number of methoxy groups -OCH3 is 1. The highest BCUT2D eigenvalue weighted by Gasteiger charge is 2.05. The third-order valence-corrected chi connectivity index (χ3v) is 2.49. The van der Waals surface area contributed by atoms with Gasteiger partial charge in [0.05, 0.1) is 13.4 Å². The molecular weight excluding hydrogens is 218 g/mol. The molecule has 0 spiro atoms. The molecule has 0 saturated carbocycles. The van der Waals surface area contributed by atoms with Gasteiger partial charge in [-0.3, -0.25) is 0 Å². The Labute approximate surface area is 99.9 Å². The topological polar surface area (TPSA) is 57.6 Å². The van der Waals surface area contributed by atoms with Crippen LogP contribution in [0.25, 0.3) is 0 Å². The summed E-state index contributed by atoms with van der Waals surface area (Å²) in [5.41, 5.74) is 6.54. The van der Waals surface area contributed by atoms with Crippen molar-refractivity contribution >= 4 is 0 Å². The first kappa shape index (κ1) is 11.5. The third kappa shape index (κ3) is 2.79. The summed E-state index contributed by atoms with van der Waals surface area (Å²) >= 11 is 0. The maximum Gasteiger partial charge on any atom is 0.146 e. The van der Waals surface area contributed by atoms with Crippen molar-refractivity contribution in [2.45, 2.75) is 13.2 Å². The van der Waals surface area contributed by atoms with E-state index in [1.165, 1.54) is 0 Å². The summed E-state index contributed by atoms with van der Waals surface area (Å²) in [5.74, 6) is 2.34. The van der Waals surface area contributed by atoms with E-state index in [1.807, 2.05) is 30.3 Å². The van der Waals surface area contributed by atoms with Crippen LogP contribution in [0.5, 0.6) is 11.5 Å². The van der Waals surface area contributed by atoms with Crippen LogP contribution in [0.4, 0.5) is 0 Å². The zero-order valence-electron chi connectivity index (χ0n) is 9.68. The lowest BCUT2D eigenvalue weighted by Gasteiger charge is -2.06. The predicted molar refractivity (Wildman–Crippen MR) is 63.9 cm³/mol. The van der Waals surface area contributed by atoms with Crippen LogP contribution in [0.1, 0.15) is 11.3 Å². The fraction of sp³-hybridized carbons (Fsp3) is 0.231. The number of hydrogen-bond donors (Lipinski definition) is 1. The van der Waals surface area contributed by atoms with Gasteiger partial charge < -0.3 is 19.6 Å². The highest BCUT2D eigenvalue weighted by Crippen LogP contribution is 2.19. The second kappa shape index (κ2) is 5.41. The van der Waals surface area contributed by atoms with Crippen LogP contribution >= 0.6 is 0 Å². The molecule has 2 aromatic rings. The van der Waals surface area contributed by atoms with Crippen molar-refractivity contribution in [3.8, 4) is 11.5 Å². The average molecular weight is 233 g/mol. The van der Waals surface area contributed by atoms with Gasteiger partial charge in [-0.2, -0.15) is 0 Å². The number of hydrogen-bond acceptors (Lipinski definition) is 4. The van der Waals surface area contributed by atoms with Crippen LogP contribution in [0.15, 0.2) is 41.0 Å². The Balaban J connectivity index is 1.97. The largest absolute Gasteiger partial charge is 0.497 e. The molecule has 0 unspecified atom stereocenters. The molecule has 0 saturated heterocycles. The van der Waals surface area contributed by atoms with Gasteiger partial charge in [0, 0.05) is 12.1 Å². The van der Waals surface area contributed by atoms with Gasteiger partial charge in [0.1, 0.15) is 23.9 Å². The van der Waals surface area contributed by atoms with Crippen LogP contribution in [0.3, 0.4) is 0 Å². The molecule has 1 aromatic heterocycles. The summed E-state index contributed by atoms with van der Waals surface area (Å²) in [6.07, 6.45) is 1.62. The van der Waals surface area contributed by atoms with Gasteiger partial charge >= 0.3 is 0 Å². The molecule has 0 aliphatic carbocycles. The van der Waals surface area contributed by atoms with Gasteiger partial charge in [-0.25, -0.2) is 0 Å². The van der Waals surface area contributed by atoms with Gasteiger partial charge in [-0.15, -0.1) is 0 Å². The standard InChI is InChI=1S/C13H15NO3/c1-15-11-2-4-12(5-3-11)17-9-13-10(8-14)6-7-16-13/h2-7H,8-9,14H2,1H3. The first-order chi connectivity index (χ1) is 8.33. The molecule has 0 fully saturated rings. The summed E-state index contributed by atoms with van der Waals surface area (Å²) in [5, 5.41) is 0. The highest BCUT2D eigenvalue weighted by molar-refractivity contribution is 5.31. The molecule has 4 heteroatoms. The zero-order valence-corrected chi connectivity index (χ0v) is 9.68. The summed E-state index contributed by atoms with van der Waals surface area (Å²) in [6.45, 7) is 0.837. The molecular formula is C13H15NO3. The molecule has 0 amide bonds. The summed E-state index contributed by atoms with van der Waals surface area (Å²) in [6, 6.07) is 9.25. The number of ether oxygens (including phenoxy) is 2. The van der Waals surface area contributed by atoms with Gasteiger partial charge in [0.25, 0.3) is 0 Å². The molecule has 0 aliphatic heterocycles. The van der Waals surface area contributed by atoms with Crippen LogP contribution in [-0.4, -0.2) is 7.11 Å². The second-order valence-electron chi connectivity index (χ2n) is 3.54. The molecule has 0 radical (unpaired) electrons. The van der Waals surface area contributed by atoms with E-state index in [9.17, 15) is 0 Å². The molecule has 1 heterocycles. The van der Waals surface area contributed by atoms with E-state index in [1.54, 1.807) is 13.4 Å². The van der Waals surface area contributed by atoms with E-state index in [-0.39, 0.29) is 0 Å². The lowest BCUT2D eigenvalue weighted by atomic mass is 10.2. The number of rotatable bonds is 5. The van der Waals surface area contributed by atoms with Crippen molar-refractivity contribution in [2.24, 2.45) is 5.73 Å². The molecule has 0 bridgehead atoms. The van der Waals surface area contributed by atoms with E-state index in [0.717, 1.165) is 22.8 Å². The molecule has 2 rings (SSSR count). The minimum Gasteiger partial charge on any atom is -0.497 e. The number of benzene rings is 1. The highest BCUT2D eigenvalue weighted by atomic mass is 16.5. The van der Waals surface area contributed by atoms with E-state index in [4.69, 9.17) is 19.6 Å². The van der Waals surface area contributed by atoms with Crippen LogP contribution in [-0.2, 0) is 13.2 Å². The van der Waals surface area contributed by atoms with Crippen LogP contribution in [0, 0.1) is 0 Å². The van der Waals surface area contributed by atoms with Gasteiger partial charge in [0.2, 0.25) is 0 Å². The van der Waals surface area contributed by atoms with E-state index < -0.39 is 0 Å². The fourth-order valence-corrected chi connectivity index (χ4v) is 1.50. The summed E-state index contributed by atoms with van der Waals surface area (Å²) < 4.78 is 15.9. The van der Waals surface area contributed by atoms with Crippen LogP contribution < -0.4 is 15.2 Å². The minimum absolute atomic E-state index is 0.381.